The van der Waals surface area contributed by atoms with E-state index in [0.29, 0.717) is 25.7 Å². The van der Waals surface area contributed by atoms with E-state index >= 15 is 0 Å². The van der Waals surface area contributed by atoms with Gasteiger partial charge in [-0.2, -0.15) is 0 Å². The Hall–Kier alpha value is -2.37. The van der Waals surface area contributed by atoms with Crippen molar-refractivity contribution in [3.63, 3.8) is 0 Å². The second-order valence-electron chi connectivity index (χ2n) is 5.08. The molecule has 1 aromatic carbocycles. The molecular formula is C15H18N2O4. The average molecular weight is 290 g/mol. The summed E-state index contributed by atoms with van der Waals surface area (Å²) in [6, 6.07) is 7.93. The highest BCUT2D eigenvalue weighted by atomic mass is 16.4. The van der Waals surface area contributed by atoms with Crippen LogP contribution in [0.15, 0.2) is 30.3 Å². The van der Waals surface area contributed by atoms with E-state index in [2.05, 4.69) is 10.6 Å². The molecule has 21 heavy (non-hydrogen) atoms. The molecule has 2 amide bonds. The first-order chi connectivity index (χ1) is 10.1. The monoisotopic (exact) mass is 290 g/mol. The SMILES string of the molecule is O=C1CC[C@H](C(=O)N[C@H](CCc2ccccc2)C(=O)O)N1. The first-order valence-corrected chi connectivity index (χ1v) is 6.92. The number of aryl methyl sites for hydroxylation is 1. The van der Waals surface area contributed by atoms with Crippen LogP contribution in [0.25, 0.3) is 0 Å². The fourth-order valence-electron chi connectivity index (χ4n) is 2.30. The summed E-state index contributed by atoms with van der Waals surface area (Å²) in [4.78, 5) is 34.2. The van der Waals surface area contributed by atoms with E-state index in [9.17, 15) is 19.5 Å². The van der Waals surface area contributed by atoms with Gasteiger partial charge in [0.05, 0.1) is 0 Å². The molecule has 0 unspecified atom stereocenters. The quantitative estimate of drug-likeness (QED) is 0.709. The van der Waals surface area contributed by atoms with Gasteiger partial charge in [-0.15, -0.1) is 0 Å². The van der Waals surface area contributed by atoms with Crippen LogP contribution in [0.3, 0.4) is 0 Å². The Morgan fingerprint density at radius 2 is 2.05 bits per heavy atom. The van der Waals surface area contributed by atoms with E-state index in [0.717, 1.165) is 5.56 Å². The smallest absolute Gasteiger partial charge is 0.326 e. The molecule has 1 aliphatic heterocycles. The molecule has 0 aliphatic carbocycles. The Balaban J connectivity index is 1.88. The molecule has 2 rings (SSSR count). The predicted octanol–water partition coefficient (Wildman–Crippen LogP) is 0.467. The third kappa shape index (κ3) is 4.30. The van der Waals surface area contributed by atoms with Crippen molar-refractivity contribution in [2.45, 2.75) is 37.8 Å². The lowest BCUT2D eigenvalue weighted by Gasteiger charge is -2.17. The number of hydrogen-bond acceptors (Lipinski definition) is 3. The zero-order chi connectivity index (χ0) is 15.2. The Kier molecular flexibility index (Phi) is 4.92. The summed E-state index contributed by atoms with van der Waals surface area (Å²) in [6.07, 6.45) is 1.59. The molecule has 6 nitrogen and oxygen atoms in total. The van der Waals surface area contributed by atoms with Crippen LogP contribution < -0.4 is 10.6 Å². The standard InChI is InChI=1S/C15H18N2O4/c18-13-9-8-11(16-13)14(19)17-12(15(20)21)7-6-10-4-2-1-3-5-10/h1-5,11-12H,6-9H2,(H,16,18)(H,17,19)(H,20,21)/t11-,12-/m1/s1. The van der Waals surface area contributed by atoms with Gasteiger partial charge in [0.2, 0.25) is 11.8 Å². The van der Waals surface area contributed by atoms with Crippen LogP contribution in [-0.4, -0.2) is 35.0 Å². The van der Waals surface area contributed by atoms with Gasteiger partial charge < -0.3 is 15.7 Å². The fourth-order valence-corrected chi connectivity index (χ4v) is 2.30. The van der Waals surface area contributed by atoms with Gasteiger partial charge in [0.15, 0.2) is 0 Å². The van der Waals surface area contributed by atoms with Gasteiger partial charge in [0.25, 0.3) is 0 Å². The van der Waals surface area contributed by atoms with Gasteiger partial charge in [0, 0.05) is 6.42 Å². The number of carbonyl (C=O) groups is 3. The number of hydrogen-bond donors (Lipinski definition) is 3. The molecule has 1 aliphatic rings. The van der Waals surface area contributed by atoms with Gasteiger partial charge in [-0.1, -0.05) is 30.3 Å². The van der Waals surface area contributed by atoms with Crippen LogP contribution >= 0.6 is 0 Å². The van der Waals surface area contributed by atoms with Crippen molar-refractivity contribution in [2.24, 2.45) is 0 Å². The van der Waals surface area contributed by atoms with Crippen LogP contribution in [0.5, 0.6) is 0 Å². The fraction of sp³-hybridized carbons (Fsp3) is 0.400. The number of aliphatic carboxylic acids is 1. The second kappa shape index (κ2) is 6.88. The van der Waals surface area contributed by atoms with E-state index < -0.39 is 24.0 Å². The van der Waals surface area contributed by atoms with Crippen molar-refractivity contribution in [2.75, 3.05) is 0 Å². The molecule has 0 spiro atoms. The molecule has 6 heteroatoms. The van der Waals surface area contributed by atoms with Crippen molar-refractivity contribution < 1.29 is 19.5 Å². The molecule has 112 valence electrons. The number of carboxylic acid groups (broad SMARTS) is 1. The highest BCUT2D eigenvalue weighted by Gasteiger charge is 2.30. The lowest BCUT2D eigenvalue weighted by atomic mass is 10.0. The minimum absolute atomic E-state index is 0.175. The summed E-state index contributed by atoms with van der Waals surface area (Å²) in [7, 11) is 0. The summed E-state index contributed by atoms with van der Waals surface area (Å²) in [5.74, 6) is -1.67. The lowest BCUT2D eigenvalue weighted by Crippen LogP contribution is -2.48. The summed E-state index contributed by atoms with van der Waals surface area (Å²) in [5, 5.41) is 14.2. The van der Waals surface area contributed by atoms with Crippen molar-refractivity contribution in [3.05, 3.63) is 35.9 Å². The van der Waals surface area contributed by atoms with Gasteiger partial charge in [0.1, 0.15) is 12.1 Å². The molecule has 0 radical (unpaired) electrons. The van der Waals surface area contributed by atoms with Crippen LogP contribution in [0.1, 0.15) is 24.8 Å². The second-order valence-corrected chi connectivity index (χ2v) is 5.08. The van der Waals surface area contributed by atoms with E-state index in [1.807, 2.05) is 30.3 Å². The molecule has 0 aromatic heterocycles. The molecule has 1 fully saturated rings. The molecule has 1 heterocycles. The summed E-state index contributed by atoms with van der Waals surface area (Å²) in [5.41, 5.74) is 1.02. The van der Waals surface area contributed by atoms with Crippen LogP contribution in [-0.2, 0) is 20.8 Å². The highest BCUT2D eigenvalue weighted by molar-refractivity contribution is 5.92. The Bertz CT molecular complexity index is 530. The molecular weight excluding hydrogens is 272 g/mol. The first-order valence-electron chi connectivity index (χ1n) is 6.92. The Morgan fingerprint density at radius 1 is 1.33 bits per heavy atom. The zero-order valence-corrected chi connectivity index (χ0v) is 11.5. The number of benzene rings is 1. The third-order valence-electron chi connectivity index (χ3n) is 3.49. The van der Waals surface area contributed by atoms with Gasteiger partial charge >= 0.3 is 5.97 Å². The molecule has 1 aromatic rings. The lowest BCUT2D eigenvalue weighted by molar-refractivity contribution is -0.142. The molecule has 1 saturated heterocycles. The number of carboxylic acids is 1. The van der Waals surface area contributed by atoms with Crippen molar-refractivity contribution >= 4 is 17.8 Å². The zero-order valence-electron chi connectivity index (χ0n) is 11.5. The average Bonchev–Trinajstić information content (AvgIpc) is 2.90. The van der Waals surface area contributed by atoms with E-state index in [1.54, 1.807) is 0 Å². The Labute approximate surface area is 122 Å². The van der Waals surface area contributed by atoms with Gasteiger partial charge in [-0.05, 0) is 24.8 Å². The number of nitrogens with one attached hydrogen (secondary N) is 2. The van der Waals surface area contributed by atoms with E-state index in [4.69, 9.17) is 0 Å². The maximum absolute atomic E-state index is 11.9. The number of amides is 2. The van der Waals surface area contributed by atoms with Crippen molar-refractivity contribution in [1.82, 2.24) is 10.6 Å². The minimum Gasteiger partial charge on any atom is -0.480 e. The number of carbonyl (C=O) groups excluding carboxylic acids is 2. The molecule has 0 bridgehead atoms. The predicted molar refractivity (Wildman–Crippen MR) is 75.5 cm³/mol. The maximum atomic E-state index is 11.9. The maximum Gasteiger partial charge on any atom is 0.326 e. The summed E-state index contributed by atoms with van der Waals surface area (Å²) < 4.78 is 0. The van der Waals surface area contributed by atoms with Crippen molar-refractivity contribution in [1.29, 1.82) is 0 Å². The normalized spacial score (nSPS) is 18.9. The number of rotatable bonds is 6. The van der Waals surface area contributed by atoms with E-state index in [-0.39, 0.29) is 5.91 Å². The van der Waals surface area contributed by atoms with Gasteiger partial charge in [-0.3, -0.25) is 9.59 Å². The summed E-state index contributed by atoms with van der Waals surface area (Å²) in [6.45, 7) is 0. The molecule has 0 saturated carbocycles. The topological polar surface area (TPSA) is 95.5 Å². The van der Waals surface area contributed by atoms with Crippen LogP contribution in [0.2, 0.25) is 0 Å². The summed E-state index contributed by atoms with van der Waals surface area (Å²) >= 11 is 0. The third-order valence-corrected chi connectivity index (χ3v) is 3.49. The first kappa shape index (κ1) is 15.0. The highest BCUT2D eigenvalue weighted by Crippen LogP contribution is 2.09. The van der Waals surface area contributed by atoms with E-state index in [1.165, 1.54) is 0 Å². The Morgan fingerprint density at radius 3 is 2.62 bits per heavy atom. The van der Waals surface area contributed by atoms with Gasteiger partial charge in [-0.25, -0.2) is 4.79 Å². The molecule has 3 N–H and O–H groups in total. The minimum atomic E-state index is -1.07. The molecule has 2 atom stereocenters. The largest absolute Gasteiger partial charge is 0.480 e. The van der Waals surface area contributed by atoms with Crippen LogP contribution in [0.4, 0.5) is 0 Å². The van der Waals surface area contributed by atoms with Crippen molar-refractivity contribution in [3.8, 4) is 0 Å². The van der Waals surface area contributed by atoms with Crippen LogP contribution in [0, 0.1) is 0 Å².